The summed E-state index contributed by atoms with van der Waals surface area (Å²) in [6.45, 7) is 0.00198. The molecule has 0 aliphatic heterocycles. The zero-order valence-corrected chi connectivity index (χ0v) is 9.04. The van der Waals surface area contributed by atoms with Crippen LogP contribution in [-0.4, -0.2) is 15.5 Å². The van der Waals surface area contributed by atoms with Crippen molar-refractivity contribution in [3.8, 4) is 0 Å². The number of hydrogen-bond acceptors (Lipinski definition) is 3. The summed E-state index contributed by atoms with van der Waals surface area (Å²) in [6.07, 6.45) is 4.75. The molecule has 0 bridgehead atoms. The van der Waals surface area contributed by atoms with Crippen LogP contribution in [-0.2, 0) is 11.3 Å². The second-order valence-corrected chi connectivity index (χ2v) is 3.45. The first-order valence-corrected chi connectivity index (χ1v) is 5.11. The van der Waals surface area contributed by atoms with Crippen LogP contribution < -0.4 is 10.9 Å². The molecule has 1 amide bonds. The lowest BCUT2D eigenvalue weighted by Crippen LogP contribution is -2.26. The average molecular weight is 229 g/mol. The van der Waals surface area contributed by atoms with E-state index >= 15 is 0 Å². The summed E-state index contributed by atoms with van der Waals surface area (Å²) in [4.78, 5) is 26.9. The molecule has 0 aliphatic carbocycles. The number of nitrogens with zero attached hydrogens (tertiary/aromatic N) is 2. The van der Waals surface area contributed by atoms with Gasteiger partial charge in [-0.1, -0.05) is 6.07 Å². The molecule has 5 nitrogen and oxygen atoms in total. The minimum Gasteiger partial charge on any atom is -0.324 e. The third-order valence-corrected chi connectivity index (χ3v) is 2.18. The second-order valence-electron chi connectivity index (χ2n) is 3.45. The molecule has 0 fully saturated rings. The van der Waals surface area contributed by atoms with Gasteiger partial charge in [0.05, 0.1) is 0 Å². The number of anilines is 1. The average Bonchev–Trinajstić information content (AvgIpc) is 2.33. The molecule has 0 saturated heterocycles. The maximum Gasteiger partial charge on any atom is 0.250 e. The fourth-order valence-electron chi connectivity index (χ4n) is 1.38. The summed E-state index contributed by atoms with van der Waals surface area (Å²) in [5, 5.41) is 2.68. The van der Waals surface area contributed by atoms with Gasteiger partial charge in [-0.3, -0.25) is 14.6 Å². The van der Waals surface area contributed by atoms with E-state index in [1.54, 1.807) is 42.9 Å². The van der Waals surface area contributed by atoms with Crippen LogP contribution in [0.2, 0.25) is 0 Å². The van der Waals surface area contributed by atoms with E-state index in [1.165, 1.54) is 10.6 Å². The highest BCUT2D eigenvalue weighted by atomic mass is 16.2. The highest BCUT2D eigenvalue weighted by Gasteiger charge is 2.03. The number of carbonyl (C=O) groups is 1. The minimum absolute atomic E-state index is 0.00198. The van der Waals surface area contributed by atoms with Crippen molar-refractivity contribution < 1.29 is 4.79 Å². The molecule has 5 heteroatoms. The zero-order chi connectivity index (χ0) is 12.1. The molecule has 17 heavy (non-hydrogen) atoms. The molecule has 1 N–H and O–H groups in total. The molecular formula is C12H11N3O2. The van der Waals surface area contributed by atoms with Gasteiger partial charge in [-0.2, -0.15) is 0 Å². The van der Waals surface area contributed by atoms with Gasteiger partial charge in [-0.15, -0.1) is 0 Å². The van der Waals surface area contributed by atoms with Crippen molar-refractivity contribution >= 4 is 11.6 Å². The Morgan fingerprint density at radius 2 is 2.00 bits per heavy atom. The maximum absolute atomic E-state index is 11.6. The van der Waals surface area contributed by atoms with Crippen molar-refractivity contribution in [1.29, 1.82) is 0 Å². The normalized spacial score (nSPS) is 9.88. The fraction of sp³-hybridized carbons (Fsp3) is 0.0833. The third-order valence-electron chi connectivity index (χ3n) is 2.18. The number of amides is 1. The Labute approximate surface area is 97.7 Å². The number of carbonyl (C=O) groups excluding carboxylic acids is 1. The highest BCUT2D eigenvalue weighted by Crippen LogP contribution is 2.02. The van der Waals surface area contributed by atoms with E-state index in [0.29, 0.717) is 5.69 Å². The molecule has 86 valence electrons. The first-order chi connectivity index (χ1) is 8.25. The summed E-state index contributed by atoms with van der Waals surface area (Å²) in [5.74, 6) is -0.246. The quantitative estimate of drug-likeness (QED) is 0.849. The first-order valence-electron chi connectivity index (χ1n) is 5.11. The van der Waals surface area contributed by atoms with Crippen LogP contribution in [0.5, 0.6) is 0 Å². The van der Waals surface area contributed by atoms with Crippen LogP contribution in [0.4, 0.5) is 5.69 Å². The van der Waals surface area contributed by atoms with Crippen LogP contribution in [0.1, 0.15) is 0 Å². The topological polar surface area (TPSA) is 64.0 Å². The van der Waals surface area contributed by atoms with E-state index in [0.717, 1.165) is 0 Å². The van der Waals surface area contributed by atoms with Crippen molar-refractivity contribution in [3.63, 3.8) is 0 Å². The summed E-state index contributed by atoms with van der Waals surface area (Å²) in [5.41, 5.74) is 0.464. The van der Waals surface area contributed by atoms with Gasteiger partial charge in [-0.05, 0) is 18.2 Å². The van der Waals surface area contributed by atoms with Gasteiger partial charge in [0.1, 0.15) is 6.54 Å². The predicted molar refractivity (Wildman–Crippen MR) is 63.6 cm³/mol. The van der Waals surface area contributed by atoms with E-state index in [4.69, 9.17) is 0 Å². The van der Waals surface area contributed by atoms with Gasteiger partial charge in [0.25, 0.3) is 5.56 Å². The molecule has 0 atom stereocenters. The molecule has 0 saturated carbocycles. The fourth-order valence-corrected chi connectivity index (χ4v) is 1.38. The SMILES string of the molecule is O=C(Cn1ccccc1=O)Nc1ccncc1. The number of aromatic nitrogens is 2. The highest BCUT2D eigenvalue weighted by molar-refractivity contribution is 5.90. The van der Waals surface area contributed by atoms with Gasteiger partial charge in [0.2, 0.25) is 5.91 Å². The summed E-state index contributed by atoms with van der Waals surface area (Å²) in [6, 6.07) is 8.14. The summed E-state index contributed by atoms with van der Waals surface area (Å²) >= 11 is 0. The smallest absolute Gasteiger partial charge is 0.250 e. The lowest BCUT2D eigenvalue weighted by molar-refractivity contribution is -0.116. The maximum atomic E-state index is 11.6. The molecule has 2 heterocycles. The molecule has 0 aliphatic rings. The Morgan fingerprint density at radius 1 is 1.24 bits per heavy atom. The Kier molecular flexibility index (Phi) is 3.30. The molecule has 0 unspecified atom stereocenters. The number of rotatable bonds is 3. The van der Waals surface area contributed by atoms with Crippen LogP contribution in [0.25, 0.3) is 0 Å². The van der Waals surface area contributed by atoms with E-state index in [1.807, 2.05) is 0 Å². The summed E-state index contributed by atoms with van der Waals surface area (Å²) in [7, 11) is 0. The van der Waals surface area contributed by atoms with Gasteiger partial charge in [0, 0.05) is 30.3 Å². The Bertz CT molecular complexity index is 563. The van der Waals surface area contributed by atoms with Crippen LogP contribution in [0, 0.1) is 0 Å². The van der Waals surface area contributed by atoms with Gasteiger partial charge in [-0.25, -0.2) is 0 Å². The Hall–Kier alpha value is -2.43. The Balaban J connectivity index is 2.04. The zero-order valence-electron chi connectivity index (χ0n) is 9.04. The molecular weight excluding hydrogens is 218 g/mol. The first kappa shape index (κ1) is 11.1. The van der Waals surface area contributed by atoms with E-state index in [-0.39, 0.29) is 18.0 Å². The minimum atomic E-state index is -0.246. The van der Waals surface area contributed by atoms with Crippen LogP contribution in [0.3, 0.4) is 0 Å². The van der Waals surface area contributed by atoms with Crippen molar-refractivity contribution in [2.24, 2.45) is 0 Å². The molecule has 0 aromatic carbocycles. The van der Waals surface area contributed by atoms with E-state index in [9.17, 15) is 9.59 Å². The largest absolute Gasteiger partial charge is 0.324 e. The van der Waals surface area contributed by atoms with Crippen LogP contribution >= 0.6 is 0 Å². The third kappa shape index (κ3) is 3.01. The molecule has 2 aromatic rings. The number of nitrogens with one attached hydrogen (secondary N) is 1. The predicted octanol–water partition coefficient (Wildman–Crippen LogP) is 0.882. The van der Waals surface area contributed by atoms with Crippen LogP contribution in [0.15, 0.2) is 53.7 Å². The van der Waals surface area contributed by atoms with Gasteiger partial charge < -0.3 is 9.88 Å². The van der Waals surface area contributed by atoms with Crippen molar-refractivity contribution in [3.05, 3.63) is 59.3 Å². The lowest BCUT2D eigenvalue weighted by Gasteiger charge is -2.06. The molecule has 2 aromatic heterocycles. The number of hydrogen-bond donors (Lipinski definition) is 1. The van der Waals surface area contributed by atoms with E-state index < -0.39 is 0 Å². The second kappa shape index (κ2) is 5.07. The standard InChI is InChI=1S/C12H11N3O2/c16-11(14-10-4-6-13-7-5-10)9-15-8-2-1-3-12(15)17/h1-8H,9H2,(H,13,14,16). The van der Waals surface area contributed by atoms with Crippen molar-refractivity contribution in [2.45, 2.75) is 6.54 Å². The lowest BCUT2D eigenvalue weighted by atomic mass is 10.4. The Morgan fingerprint density at radius 3 is 2.71 bits per heavy atom. The van der Waals surface area contributed by atoms with Gasteiger partial charge >= 0.3 is 0 Å². The van der Waals surface area contributed by atoms with Crippen molar-refractivity contribution in [2.75, 3.05) is 5.32 Å². The monoisotopic (exact) mass is 229 g/mol. The molecule has 0 radical (unpaired) electrons. The molecule has 0 spiro atoms. The van der Waals surface area contributed by atoms with Crippen molar-refractivity contribution in [1.82, 2.24) is 9.55 Å². The van der Waals surface area contributed by atoms with E-state index in [2.05, 4.69) is 10.3 Å². The molecule has 2 rings (SSSR count). The summed E-state index contributed by atoms with van der Waals surface area (Å²) < 4.78 is 1.34. The number of pyridine rings is 2. The van der Waals surface area contributed by atoms with Gasteiger partial charge in [0.15, 0.2) is 0 Å².